The zero-order valence-corrected chi connectivity index (χ0v) is 11.5. The van der Waals surface area contributed by atoms with Gasteiger partial charge < -0.3 is 0 Å². The third-order valence-corrected chi connectivity index (χ3v) is 4.72. The quantitative estimate of drug-likeness (QED) is 0.746. The van der Waals surface area contributed by atoms with Crippen LogP contribution in [0, 0.1) is 0 Å². The van der Waals surface area contributed by atoms with Crippen molar-refractivity contribution in [2.75, 3.05) is 0 Å². The molecule has 0 aliphatic rings. The zero-order chi connectivity index (χ0) is 15.0. The van der Waals surface area contributed by atoms with Crippen molar-refractivity contribution in [3.8, 4) is 0 Å². The second kappa shape index (κ2) is 4.92. The first-order valence-electron chi connectivity index (χ1n) is 6.06. The molecule has 0 aliphatic carbocycles. The molecule has 1 heterocycles. The summed E-state index contributed by atoms with van der Waals surface area (Å²) >= 11 is 0. The highest BCUT2D eigenvalue weighted by atomic mass is 32.2. The number of hydrogen-bond acceptors (Lipinski definition) is 3. The highest BCUT2D eigenvalue weighted by Gasteiger charge is 2.20. The number of alkyl halides is 2. The third-order valence-electron chi connectivity index (χ3n) is 3.10. The molecule has 2 aromatic carbocycles. The second-order valence-electron chi connectivity index (χ2n) is 4.42. The standard InChI is InChI=1S/C14H10F2N2O2S/c15-14(16)10-5-7-12(8-6-10)21(19,20)18-13-4-2-1-3-11(13)9-17-18/h1-9,14H. The van der Waals surface area contributed by atoms with Crippen LogP contribution < -0.4 is 0 Å². The zero-order valence-electron chi connectivity index (χ0n) is 10.6. The lowest BCUT2D eigenvalue weighted by Crippen LogP contribution is -2.14. The van der Waals surface area contributed by atoms with Crippen LogP contribution >= 0.6 is 0 Å². The van der Waals surface area contributed by atoms with E-state index in [1.807, 2.05) is 0 Å². The molecule has 0 unspecified atom stereocenters. The first-order valence-corrected chi connectivity index (χ1v) is 7.50. The van der Waals surface area contributed by atoms with Crippen molar-refractivity contribution in [3.05, 3.63) is 60.3 Å². The van der Waals surface area contributed by atoms with E-state index < -0.39 is 16.4 Å². The van der Waals surface area contributed by atoms with E-state index in [0.29, 0.717) is 10.9 Å². The van der Waals surface area contributed by atoms with Crippen LogP contribution in [-0.2, 0) is 10.0 Å². The topological polar surface area (TPSA) is 52.0 Å². The summed E-state index contributed by atoms with van der Waals surface area (Å²) in [4.78, 5) is -0.0826. The summed E-state index contributed by atoms with van der Waals surface area (Å²) in [7, 11) is -3.90. The molecular weight excluding hydrogens is 298 g/mol. The van der Waals surface area contributed by atoms with Gasteiger partial charge in [0.25, 0.3) is 16.4 Å². The summed E-state index contributed by atoms with van der Waals surface area (Å²) in [6.45, 7) is 0. The molecule has 3 rings (SSSR count). The molecule has 0 aliphatic heterocycles. The van der Waals surface area contributed by atoms with Gasteiger partial charge in [-0.25, -0.2) is 8.78 Å². The van der Waals surface area contributed by atoms with Gasteiger partial charge in [-0.2, -0.15) is 17.6 Å². The van der Waals surface area contributed by atoms with E-state index in [9.17, 15) is 17.2 Å². The van der Waals surface area contributed by atoms with Crippen molar-refractivity contribution in [1.29, 1.82) is 0 Å². The van der Waals surface area contributed by atoms with Gasteiger partial charge in [0.1, 0.15) is 0 Å². The molecule has 0 radical (unpaired) electrons. The summed E-state index contributed by atoms with van der Waals surface area (Å²) in [6, 6.07) is 11.4. The fourth-order valence-corrected chi connectivity index (χ4v) is 3.30. The molecule has 108 valence electrons. The maximum absolute atomic E-state index is 12.5. The Bertz CT molecular complexity index is 887. The summed E-state index contributed by atoms with van der Waals surface area (Å²) in [5.41, 5.74) is 0.217. The van der Waals surface area contributed by atoms with Crippen LogP contribution in [0.1, 0.15) is 12.0 Å². The number of halogens is 2. The molecule has 3 aromatic rings. The van der Waals surface area contributed by atoms with Crippen LogP contribution in [0.15, 0.2) is 59.6 Å². The minimum Gasteiger partial charge on any atom is -0.205 e. The highest BCUT2D eigenvalue weighted by Crippen LogP contribution is 2.23. The van der Waals surface area contributed by atoms with E-state index in [1.165, 1.54) is 6.20 Å². The molecular formula is C14H10F2N2O2S. The first kappa shape index (κ1) is 13.7. The van der Waals surface area contributed by atoms with Gasteiger partial charge in [-0.3, -0.25) is 0 Å². The van der Waals surface area contributed by atoms with Crippen LogP contribution in [0.25, 0.3) is 10.9 Å². The molecule has 1 aromatic heterocycles. The average molecular weight is 308 g/mol. The summed E-state index contributed by atoms with van der Waals surface area (Å²) < 4.78 is 50.9. The Kier molecular flexibility index (Phi) is 3.21. The van der Waals surface area contributed by atoms with Crippen molar-refractivity contribution in [2.45, 2.75) is 11.3 Å². The largest absolute Gasteiger partial charge is 0.283 e. The molecule has 0 saturated heterocycles. The Labute approximate surface area is 119 Å². The van der Waals surface area contributed by atoms with Crippen LogP contribution in [-0.4, -0.2) is 17.6 Å². The van der Waals surface area contributed by atoms with Gasteiger partial charge in [0.2, 0.25) is 0 Å². The van der Waals surface area contributed by atoms with Gasteiger partial charge in [-0.15, -0.1) is 0 Å². The molecule has 7 heteroatoms. The van der Waals surface area contributed by atoms with Gasteiger partial charge in [-0.1, -0.05) is 30.3 Å². The van der Waals surface area contributed by atoms with E-state index in [0.717, 1.165) is 28.4 Å². The molecule has 0 bridgehead atoms. The number of benzene rings is 2. The van der Waals surface area contributed by atoms with Gasteiger partial charge in [-0.05, 0) is 18.2 Å². The molecule has 0 amide bonds. The molecule has 4 nitrogen and oxygen atoms in total. The van der Waals surface area contributed by atoms with Gasteiger partial charge in [0, 0.05) is 10.9 Å². The molecule has 0 saturated carbocycles. The highest BCUT2D eigenvalue weighted by molar-refractivity contribution is 7.90. The molecule has 0 fully saturated rings. The van der Waals surface area contributed by atoms with Gasteiger partial charge in [0.15, 0.2) is 0 Å². The number of hydrogen-bond donors (Lipinski definition) is 0. The predicted molar refractivity (Wildman–Crippen MR) is 73.7 cm³/mol. The fraction of sp³-hybridized carbons (Fsp3) is 0.0714. The van der Waals surface area contributed by atoms with Gasteiger partial charge >= 0.3 is 0 Å². The van der Waals surface area contributed by atoms with Crippen LogP contribution in [0.4, 0.5) is 8.78 Å². The van der Waals surface area contributed by atoms with E-state index in [1.54, 1.807) is 24.3 Å². The van der Waals surface area contributed by atoms with E-state index >= 15 is 0 Å². The number of rotatable bonds is 3. The van der Waals surface area contributed by atoms with E-state index in [2.05, 4.69) is 5.10 Å². The van der Waals surface area contributed by atoms with Crippen LogP contribution in [0.5, 0.6) is 0 Å². The average Bonchev–Trinajstić information content (AvgIpc) is 2.92. The Morgan fingerprint density at radius 1 is 1.00 bits per heavy atom. The molecule has 0 spiro atoms. The minimum atomic E-state index is -3.90. The smallest absolute Gasteiger partial charge is 0.205 e. The normalized spacial score (nSPS) is 12.1. The summed E-state index contributed by atoms with van der Waals surface area (Å²) in [6.07, 6.45) is -1.19. The SMILES string of the molecule is O=S(=O)(c1ccc(C(F)F)cc1)n1ncc2ccccc21. The van der Waals surface area contributed by atoms with E-state index in [-0.39, 0.29) is 10.5 Å². The molecule has 21 heavy (non-hydrogen) atoms. The first-order chi connectivity index (χ1) is 10.00. The minimum absolute atomic E-state index is 0.0826. The number of nitrogens with zero attached hydrogens (tertiary/aromatic N) is 2. The Morgan fingerprint density at radius 3 is 2.33 bits per heavy atom. The lowest BCUT2D eigenvalue weighted by Gasteiger charge is -2.07. The predicted octanol–water partition coefficient (Wildman–Crippen LogP) is 3.21. The Morgan fingerprint density at radius 2 is 1.67 bits per heavy atom. The molecule has 0 atom stereocenters. The monoisotopic (exact) mass is 308 g/mol. The lowest BCUT2D eigenvalue weighted by molar-refractivity contribution is 0.151. The van der Waals surface area contributed by atoms with Crippen LogP contribution in [0.3, 0.4) is 0 Å². The van der Waals surface area contributed by atoms with Gasteiger partial charge in [0.05, 0.1) is 16.6 Å². The number of fused-ring (bicyclic) bond motifs is 1. The fourth-order valence-electron chi connectivity index (χ4n) is 2.02. The van der Waals surface area contributed by atoms with Crippen molar-refractivity contribution in [2.24, 2.45) is 0 Å². The number of aromatic nitrogens is 2. The van der Waals surface area contributed by atoms with Crippen LogP contribution in [0.2, 0.25) is 0 Å². The Balaban J connectivity index is 2.12. The third kappa shape index (κ3) is 2.29. The van der Waals surface area contributed by atoms with Crippen molar-refractivity contribution in [3.63, 3.8) is 0 Å². The van der Waals surface area contributed by atoms with Crippen molar-refractivity contribution >= 4 is 20.9 Å². The summed E-state index contributed by atoms with van der Waals surface area (Å²) in [5.74, 6) is 0. The van der Waals surface area contributed by atoms with Crippen molar-refractivity contribution in [1.82, 2.24) is 9.19 Å². The lowest BCUT2D eigenvalue weighted by atomic mass is 10.2. The molecule has 0 N–H and O–H groups in total. The Hall–Kier alpha value is -2.28. The summed E-state index contributed by atoms with van der Waals surface area (Å²) in [5, 5.41) is 4.57. The maximum Gasteiger partial charge on any atom is 0.283 e. The second-order valence-corrected chi connectivity index (χ2v) is 6.19. The van der Waals surface area contributed by atoms with E-state index in [4.69, 9.17) is 0 Å². The maximum atomic E-state index is 12.5. The number of para-hydroxylation sites is 1. The van der Waals surface area contributed by atoms with Crippen molar-refractivity contribution < 1.29 is 17.2 Å².